The Morgan fingerprint density at radius 1 is 1.20 bits per heavy atom. The quantitative estimate of drug-likeness (QED) is 0.621. The summed E-state index contributed by atoms with van der Waals surface area (Å²) in [6, 6.07) is 5.48. The molecule has 0 saturated carbocycles. The van der Waals surface area contributed by atoms with E-state index in [1.54, 1.807) is 12.1 Å². The zero-order valence-electron chi connectivity index (χ0n) is 14.0. The minimum absolute atomic E-state index is 0.0511. The molecule has 3 rings (SSSR count). The molecule has 7 heteroatoms. The fourth-order valence-electron chi connectivity index (χ4n) is 2.86. The van der Waals surface area contributed by atoms with Crippen LogP contribution in [-0.4, -0.2) is 17.6 Å². The van der Waals surface area contributed by atoms with E-state index in [0.717, 1.165) is 19.3 Å². The van der Waals surface area contributed by atoms with Crippen LogP contribution < -0.4 is 10.9 Å². The lowest BCUT2D eigenvalue weighted by atomic mass is 9.90. The van der Waals surface area contributed by atoms with E-state index in [4.69, 9.17) is 0 Å². The number of amides is 2. The highest BCUT2D eigenvalue weighted by atomic mass is 32.1. The second kappa shape index (κ2) is 7.93. The van der Waals surface area contributed by atoms with Gasteiger partial charge in [0.1, 0.15) is 0 Å². The van der Waals surface area contributed by atoms with Crippen molar-refractivity contribution in [3.63, 3.8) is 0 Å². The minimum atomic E-state index is -0.367. The lowest BCUT2D eigenvalue weighted by Gasteiger charge is -2.16. The van der Waals surface area contributed by atoms with Crippen LogP contribution in [0, 0.1) is 5.92 Å². The van der Waals surface area contributed by atoms with Crippen LogP contribution >= 0.6 is 22.7 Å². The maximum Gasteiger partial charge on any atom is 0.279 e. The largest absolute Gasteiger partial charge is 0.293 e. The maximum atomic E-state index is 12.2. The molecule has 0 spiro atoms. The van der Waals surface area contributed by atoms with Gasteiger partial charge in [-0.25, -0.2) is 0 Å². The summed E-state index contributed by atoms with van der Waals surface area (Å²) in [5.41, 5.74) is 6.08. The Balaban J connectivity index is 1.46. The number of thiophene rings is 2. The van der Waals surface area contributed by atoms with E-state index in [-0.39, 0.29) is 30.4 Å². The van der Waals surface area contributed by atoms with Gasteiger partial charge in [-0.15, -0.1) is 22.7 Å². The van der Waals surface area contributed by atoms with Crippen molar-refractivity contribution in [3.05, 3.63) is 43.8 Å². The van der Waals surface area contributed by atoms with Crippen molar-refractivity contribution in [1.82, 2.24) is 10.9 Å². The summed E-state index contributed by atoms with van der Waals surface area (Å²) in [6.07, 6.45) is 3.37. The van der Waals surface area contributed by atoms with Gasteiger partial charge in [-0.05, 0) is 48.3 Å². The Hall–Kier alpha value is -1.99. The molecule has 25 heavy (non-hydrogen) atoms. The molecule has 2 N–H and O–H groups in total. The first-order valence-electron chi connectivity index (χ1n) is 8.30. The number of aryl methyl sites for hydroxylation is 1. The van der Waals surface area contributed by atoms with Gasteiger partial charge in [0, 0.05) is 17.7 Å². The molecule has 0 aliphatic heterocycles. The minimum Gasteiger partial charge on any atom is -0.293 e. The van der Waals surface area contributed by atoms with E-state index in [9.17, 15) is 14.4 Å². The molecule has 0 saturated heterocycles. The summed E-state index contributed by atoms with van der Waals surface area (Å²) in [5, 5.41) is 1.83. The number of ketones is 1. The number of carbonyl (C=O) groups is 3. The van der Waals surface area contributed by atoms with Crippen LogP contribution in [0.5, 0.6) is 0 Å². The second-order valence-corrected chi connectivity index (χ2v) is 8.39. The Morgan fingerprint density at radius 3 is 2.80 bits per heavy atom. The number of hydrogen-bond acceptors (Lipinski definition) is 5. The summed E-state index contributed by atoms with van der Waals surface area (Å²) >= 11 is 2.86. The molecule has 2 heterocycles. The lowest BCUT2D eigenvalue weighted by Crippen LogP contribution is -2.41. The number of fused-ring (bicyclic) bond motifs is 1. The molecule has 2 amide bonds. The maximum absolute atomic E-state index is 12.2. The molecule has 5 nitrogen and oxygen atoms in total. The molecule has 1 atom stereocenters. The zero-order valence-corrected chi connectivity index (χ0v) is 15.6. The first kappa shape index (κ1) is 17.8. The van der Waals surface area contributed by atoms with E-state index >= 15 is 0 Å². The van der Waals surface area contributed by atoms with E-state index in [1.165, 1.54) is 33.1 Å². The lowest BCUT2D eigenvalue weighted by molar-refractivity contribution is -0.121. The monoisotopic (exact) mass is 376 g/mol. The summed E-state index contributed by atoms with van der Waals surface area (Å²) in [4.78, 5) is 38.4. The van der Waals surface area contributed by atoms with Gasteiger partial charge in [0.15, 0.2) is 5.78 Å². The van der Waals surface area contributed by atoms with Crippen LogP contribution in [0.25, 0.3) is 0 Å². The highest BCUT2D eigenvalue weighted by Crippen LogP contribution is 2.32. The molecule has 0 aromatic carbocycles. The molecule has 2 aromatic heterocycles. The number of hydrazine groups is 1. The van der Waals surface area contributed by atoms with Crippen molar-refractivity contribution >= 4 is 40.3 Å². The Labute approximate surface area is 154 Å². The summed E-state index contributed by atoms with van der Waals surface area (Å²) in [5.74, 6) is -0.0756. The number of hydrogen-bond donors (Lipinski definition) is 2. The van der Waals surface area contributed by atoms with Gasteiger partial charge < -0.3 is 0 Å². The standard InChI is InChI=1S/C18H20N2O3S2/c1-11-4-6-14-12(9-11)10-16(25-14)18(23)20-19-17(22)7-5-13(21)15-3-2-8-24-15/h2-3,8,10-11H,4-7,9H2,1H3,(H,19,22)(H,20,23). The van der Waals surface area contributed by atoms with Crippen LogP contribution in [0.3, 0.4) is 0 Å². The normalized spacial score (nSPS) is 16.1. The number of carbonyl (C=O) groups excluding carboxylic acids is 3. The van der Waals surface area contributed by atoms with Crippen molar-refractivity contribution in [2.45, 2.75) is 39.0 Å². The predicted molar refractivity (Wildman–Crippen MR) is 99.0 cm³/mol. The molecular weight excluding hydrogens is 356 g/mol. The summed E-state index contributed by atoms with van der Waals surface area (Å²) in [6.45, 7) is 2.22. The molecular formula is C18H20N2O3S2. The van der Waals surface area contributed by atoms with Gasteiger partial charge >= 0.3 is 0 Å². The first-order valence-corrected chi connectivity index (χ1v) is 10.00. The Morgan fingerprint density at radius 2 is 2.04 bits per heavy atom. The molecule has 0 fully saturated rings. The van der Waals surface area contributed by atoms with E-state index in [2.05, 4.69) is 17.8 Å². The van der Waals surface area contributed by atoms with Crippen molar-refractivity contribution in [2.75, 3.05) is 0 Å². The highest BCUT2D eigenvalue weighted by Gasteiger charge is 2.21. The Kier molecular flexibility index (Phi) is 5.65. The third-order valence-electron chi connectivity index (χ3n) is 4.24. The van der Waals surface area contributed by atoms with Crippen LogP contribution in [-0.2, 0) is 17.6 Å². The molecule has 2 aromatic rings. The van der Waals surface area contributed by atoms with Crippen molar-refractivity contribution in [3.8, 4) is 0 Å². The third kappa shape index (κ3) is 4.55. The zero-order chi connectivity index (χ0) is 17.8. The Bertz CT molecular complexity index is 780. The van der Waals surface area contributed by atoms with E-state index in [1.807, 2.05) is 11.4 Å². The molecule has 132 valence electrons. The van der Waals surface area contributed by atoms with E-state index < -0.39 is 0 Å². The molecule has 1 unspecified atom stereocenters. The van der Waals surface area contributed by atoms with Crippen molar-refractivity contribution < 1.29 is 14.4 Å². The average Bonchev–Trinajstić information content (AvgIpc) is 3.26. The van der Waals surface area contributed by atoms with Crippen LogP contribution in [0.1, 0.15) is 56.0 Å². The molecule has 1 aliphatic rings. The van der Waals surface area contributed by atoms with Gasteiger partial charge in [0.2, 0.25) is 5.91 Å². The number of rotatable bonds is 5. The second-order valence-electron chi connectivity index (χ2n) is 6.31. The number of nitrogens with one attached hydrogen (secondary N) is 2. The van der Waals surface area contributed by atoms with Gasteiger partial charge in [-0.2, -0.15) is 0 Å². The van der Waals surface area contributed by atoms with Crippen LogP contribution in [0.2, 0.25) is 0 Å². The van der Waals surface area contributed by atoms with Crippen molar-refractivity contribution in [1.29, 1.82) is 0 Å². The first-order chi connectivity index (χ1) is 12.0. The van der Waals surface area contributed by atoms with Gasteiger partial charge in [-0.3, -0.25) is 25.2 Å². The summed E-state index contributed by atoms with van der Waals surface area (Å²) in [7, 11) is 0. The van der Waals surface area contributed by atoms with Crippen LogP contribution in [0.15, 0.2) is 23.6 Å². The molecule has 0 bridgehead atoms. The average molecular weight is 377 g/mol. The SMILES string of the molecule is CC1CCc2sc(C(=O)NNC(=O)CCC(=O)c3cccs3)cc2C1. The van der Waals surface area contributed by atoms with E-state index in [0.29, 0.717) is 15.7 Å². The van der Waals surface area contributed by atoms with Gasteiger partial charge in [0.25, 0.3) is 5.91 Å². The van der Waals surface area contributed by atoms with Crippen LogP contribution in [0.4, 0.5) is 0 Å². The third-order valence-corrected chi connectivity index (χ3v) is 6.39. The van der Waals surface area contributed by atoms with Crippen molar-refractivity contribution in [2.24, 2.45) is 5.92 Å². The molecule has 1 aliphatic carbocycles. The van der Waals surface area contributed by atoms with Gasteiger partial charge in [0.05, 0.1) is 9.75 Å². The number of Topliss-reactive ketones (excluding diaryl/α,β-unsaturated/α-hetero) is 1. The fourth-order valence-corrected chi connectivity index (χ4v) is 4.65. The summed E-state index contributed by atoms with van der Waals surface area (Å²) < 4.78 is 0. The smallest absolute Gasteiger partial charge is 0.279 e. The predicted octanol–water partition coefficient (Wildman–Crippen LogP) is 3.36. The van der Waals surface area contributed by atoms with Gasteiger partial charge in [-0.1, -0.05) is 13.0 Å². The fraction of sp³-hybridized carbons (Fsp3) is 0.389. The highest BCUT2D eigenvalue weighted by molar-refractivity contribution is 7.14. The molecule has 0 radical (unpaired) electrons. The topological polar surface area (TPSA) is 75.3 Å².